The minimum Gasteiger partial charge on any atom is -0.306 e. The van der Waals surface area contributed by atoms with Gasteiger partial charge in [-0.1, -0.05) is 60.7 Å². The highest BCUT2D eigenvalue weighted by Crippen LogP contribution is 2.22. The molecule has 6 nitrogen and oxygen atoms in total. The minimum atomic E-state index is -3.80. The number of H-pyrrole nitrogens is 2. The molecular weight excluding hydrogens is 374 g/mol. The van der Waals surface area contributed by atoms with Crippen molar-refractivity contribution in [1.29, 1.82) is 0 Å². The standard InChI is InChI=1S/C21H19N3O3S/c25-21-22-18-12-11-17(14-20(18)23-21)28(26,27)24-19(16-9-5-2-6-10-16)13-15-7-3-1-4-8-15/h1-12,14,19,24H,13H2,(H2,22,23,25)/t19-/m0/s1. The van der Waals surface area contributed by atoms with Crippen LogP contribution in [0.5, 0.6) is 0 Å². The Hall–Kier alpha value is -3.16. The summed E-state index contributed by atoms with van der Waals surface area (Å²) in [5.41, 5.74) is 2.55. The van der Waals surface area contributed by atoms with E-state index in [1.165, 1.54) is 12.1 Å². The van der Waals surface area contributed by atoms with Gasteiger partial charge < -0.3 is 9.97 Å². The lowest BCUT2D eigenvalue weighted by Crippen LogP contribution is -2.30. The zero-order valence-electron chi connectivity index (χ0n) is 14.9. The van der Waals surface area contributed by atoms with Crippen LogP contribution in [0.2, 0.25) is 0 Å². The van der Waals surface area contributed by atoms with Crippen LogP contribution < -0.4 is 10.4 Å². The summed E-state index contributed by atoms with van der Waals surface area (Å²) in [5.74, 6) is 0. The van der Waals surface area contributed by atoms with Gasteiger partial charge in [0.2, 0.25) is 10.0 Å². The molecule has 7 heteroatoms. The molecule has 3 N–H and O–H groups in total. The number of hydrogen-bond acceptors (Lipinski definition) is 3. The van der Waals surface area contributed by atoms with Gasteiger partial charge in [0.15, 0.2) is 0 Å². The number of hydrogen-bond donors (Lipinski definition) is 3. The predicted octanol–water partition coefficient (Wildman–Crippen LogP) is 3.12. The zero-order valence-corrected chi connectivity index (χ0v) is 15.7. The monoisotopic (exact) mass is 393 g/mol. The highest BCUT2D eigenvalue weighted by Gasteiger charge is 2.22. The summed E-state index contributed by atoms with van der Waals surface area (Å²) in [6.07, 6.45) is 0.521. The Balaban J connectivity index is 1.68. The van der Waals surface area contributed by atoms with Gasteiger partial charge in [-0.15, -0.1) is 0 Å². The summed E-state index contributed by atoms with van der Waals surface area (Å²) in [6, 6.07) is 23.3. The van der Waals surface area contributed by atoms with E-state index in [4.69, 9.17) is 0 Å². The molecule has 0 aliphatic carbocycles. The number of aromatic amines is 2. The molecule has 4 rings (SSSR count). The number of imidazole rings is 1. The lowest BCUT2D eigenvalue weighted by Gasteiger charge is -2.19. The first-order valence-corrected chi connectivity index (χ1v) is 10.3. The highest BCUT2D eigenvalue weighted by atomic mass is 32.2. The van der Waals surface area contributed by atoms with Gasteiger partial charge in [-0.05, 0) is 35.7 Å². The van der Waals surface area contributed by atoms with Crippen molar-refractivity contribution in [2.45, 2.75) is 17.4 Å². The molecule has 1 heterocycles. The van der Waals surface area contributed by atoms with Crippen LogP contribution in [0.1, 0.15) is 17.2 Å². The summed E-state index contributed by atoms with van der Waals surface area (Å²) in [6.45, 7) is 0. The van der Waals surface area contributed by atoms with Gasteiger partial charge in [-0.3, -0.25) is 0 Å². The minimum absolute atomic E-state index is 0.101. The summed E-state index contributed by atoms with van der Waals surface area (Å²) in [7, 11) is -3.80. The number of sulfonamides is 1. The Labute approximate surface area is 162 Å². The molecular formula is C21H19N3O3S. The van der Waals surface area contributed by atoms with E-state index in [2.05, 4.69) is 14.7 Å². The molecule has 0 radical (unpaired) electrons. The Morgan fingerprint density at radius 1 is 0.821 bits per heavy atom. The van der Waals surface area contributed by atoms with Gasteiger partial charge in [0.25, 0.3) is 0 Å². The van der Waals surface area contributed by atoms with Gasteiger partial charge in [-0.25, -0.2) is 17.9 Å². The van der Waals surface area contributed by atoms with Crippen LogP contribution in [0.25, 0.3) is 11.0 Å². The molecule has 0 spiro atoms. The quantitative estimate of drug-likeness (QED) is 0.470. The second-order valence-electron chi connectivity index (χ2n) is 6.56. The van der Waals surface area contributed by atoms with Crippen molar-refractivity contribution in [1.82, 2.24) is 14.7 Å². The van der Waals surface area contributed by atoms with Crippen LogP contribution in [0.3, 0.4) is 0 Å². The molecule has 1 atom stereocenters. The SMILES string of the molecule is O=c1[nH]c2ccc(S(=O)(=O)N[C@@H](Cc3ccccc3)c3ccccc3)cc2[nH]1. The molecule has 1 aromatic heterocycles. The van der Waals surface area contributed by atoms with Crippen LogP contribution >= 0.6 is 0 Å². The average molecular weight is 393 g/mol. The van der Waals surface area contributed by atoms with E-state index < -0.39 is 16.1 Å². The maximum Gasteiger partial charge on any atom is 0.323 e. The summed E-state index contributed by atoms with van der Waals surface area (Å²) >= 11 is 0. The van der Waals surface area contributed by atoms with Gasteiger partial charge in [0.1, 0.15) is 0 Å². The summed E-state index contributed by atoms with van der Waals surface area (Å²) in [5, 5.41) is 0. The lowest BCUT2D eigenvalue weighted by molar-refractivity contribution is 0.555. The molecule has 0 aliphatic heterocycles. The lowest BCUT2D eigenvalue weighted by atomic mass is 10.00. The highest BCUT2D eigenvalue weighted by molar-refractivity contribution is 7.89. The molecule has 3 aromatic carbocycles. The van der Waals surface area contributed by atoms with E-state index in [-0.39, 0.29) is 10.6 Å². The number of nitrogens with one attached hydrogen (secondary N) is 3. The first-order valence-electron chi connectivity index (χ1n) is 8.84. The van der Waals surface area contributed by atoms with Crippen molar-refractivity contribution >= 4 is 21.1 Å². The van der Waals surface area contributed by atoms with Gasteiger partial charge >= 0.3 is 5.69 Å². The average Bonchev–Trinajstić information content (AvgIpc) is 3.08. The molecule has 0 amide bonds. The summed E-state index contributed by atoms with van der Waals surface area (Å²) in [4.78, 5) is 16.7. The normalized spacial score (nSPS) is 12.9. The Bertz CT molecular complexity index is 1250. The molecule has 0 saturated carbocycles. The van der Waals surface area contributed by atoms with Crippen LogP contribution in [0.4, 0.5) is 0 Å². The van der Waals surface area contributed by atoms with Crippen molar-refractivity contribution in [3.05, 3.63) is 100 Å². The van der Waals surface area contributed by atoms with Crippen molar-refractivity contribution < 1.29 is 8.42 Å². The molecule has 0 saturated heterocycles. The fourth-order valence-corrected chi connectivity index (χ4v) is 4.45. The Morgan fingerprint density at radius 3 is 2.18 bits per heavy atom. The molecule has 0 bridgehead atoms. The van der Waals surface area contributed by atoms with Crippen LogP contribution in [-0.4, -0.2) is 18.4 Å². The van der Waals surface area contributed by atoms with Gasteiger partial charge in [0.05, 0.1) is 22.0 Å². The first kappa shape index (κ1) is 18.2. The number of fused-ring (bicyclic) bond motifs is 1. The predicted molar refractivity (Wildman–Crippen MR) is 109 cm³/mol. The number of rotatable bonds is 6. The van der Waals surface area contributed by atoms with Crippen LogP contribution in [0.15, 0.2) is 88.6 Å². The molecule has 4 aromatic rings. The van der Waals surface area contributed by atoms with E-state index in [1.54, 1.807) is 6.07 Å². The van der Waals surface area contributed by atoms with E-state index in [0.29, 0.717) is 17.5 Å². The first-order chi connectivity index (χ1) is 13.5. The van der Waals surface area contributed by atoms with Crippen molar-refractivity contribution in [3.63, 3.8) is 0 Å². The topological polar surface area (TPSA) is 94.8 Å². The second-order valence-corrected chi connectivity index (χ2v) is 8.27. The molecule has 0 fully saturated rings. The molecule has 0 unspecified atom stereocenters. The van der Waals surface area contributed by atoms with Crippen LogP contribution in [-0.2, 0) is 16.4 Å². The Morgan fingerprint density at radius 2 is 1.46 bits per heavy atom. The second kappa shape index (κ2) is 7.46. The number of benzene rings is 3. The molecule has 28 heavy (non-hydrogen) atoms. The third kappa shape index (κ3) is 3.90. The third-order valence-electron chi connectivity index (χ3n) is 4.58. The van der Waals surface area contributed by atoms with Gasteiger partial charge in [0, 0.05) is 0 Å². The van der Waals surface area contributed by atoms with E-state index >= 15 is 0 Å². The van der Waals surface area contributed by atoms with Crippen molar-refractivity contribution in [3.8, 4) is 0 Å². The summed E-state index contributed by atoms with van der Waals surface area (Å²) < 4.78 is 28.9. The fourth-order valence-electron chi connectivity index (χ4n) is 3.20. The van der Waals surface area contributed by atoms with Gasteiger partial charge in [-0.2, -0.15) is 0 Å². The molecule has 142 valence electrons. The maximum absolute atomic E-state index is 13.0. The van der Waals surface area contributed by atoms with E-state index in [0.717, 1.165) is 11.1 Å². The van der Waals surface area contributed by atoms with Crippen molar-refractivity contribution in [2.24, 2.45) is 0 Å². The Kier molecular flexibility index (Phi) is 4.85. The van der Waals surface area contributed by atoms with Crippen molar-refractivity contribution in [2.75, 3.05) is 0 Å². The van der Waals surface area contributed by atoms with Crippen LogP contribution in [0, 0.1) is 0 Å². The number of aromatic nitrogens is 2. The smallest absolute Gasteiger partial charge is 0.306 e. The maximum atomic E-state index is 13.0. The zero-order chi connectivity index (χ0) is 19.6. The largest absolute Gasteiger partial charge is 0.323 e. The fraction of sp³-hybridized carbons (Fsp3) is 0.0952. The third-order valence-corrected chi connectivity index (χ3v) is 6.05. The molecule has 0 aliphatic rings. The van der Waals surface area contributed by atoms with E-state index in [9.17, 15) is 13.2 Å². The van der Waals surface area contributed by atoms with E-state index in [1.807, 2.05) is 60.7 Å².